The summed E-state index contributed by atoms with van der Waals surface area (Å²) in [5.74, 6) is 0.282. The van der Waals surface area contributed by atoms with Crippen LogP contribution in [0.5, 0.6) is 0 Å². The van der Waals surface area contributed by atoms with Gasteiger partial charge in [0.05, 0.1) is 6.08 Å². The summed E-state index contributed by atoms with van der Waals surface area (Å²) in [5, 5.41) is 0. The van der Waals surface area contributed by atoms with Gasteiger partial charge in [-0.2, -0.15) is 0 Å². The molecule has 3 nitrogen and oxygen atoms in total. The van der Waals surface area contributed by atoms with Crippen LogP contribution >= 0.6 is 0 Å². The lowest BCUT2D eigenvalue weighted by Crippen LogP contribution is -2.20. The van der Waals surface area contributed by atoms with Gasteiger partial charge in [-0.1, -0.05) is 0 Å². The Morgan fingerprint density at radius 2 is 2.22 bits per heavy atom. The van der Waals surface area contributed by atoms with Crippen molar-refractivity contribution in [2.45, 2.75) is 20.1 Å². The molecule has 0 aromatic heterocycles. The second kappa shape index (κ2) is 2.09. The maximum absolute atomic E-state index is 10.5. The molecule has 1 heterocycles. The second-order valence-electron chi connectivity index (χ2n) is 1.88. The van der Waals surface area contributed by atoms with E-state index in [1.54, 1.807) is 13.8 Å². The fraction of sp³-hybridized carbons (Fsp3) is 0.500. The maximum atomic E-state index is 10.5. The molecule has 0 aromatic carbocycles. The summed E-state index contributed by atoms with van der Waals surface area (Å²) in [6, 6.07) is 0. The number of esters is 1. The fourth-order valence-corrected chi connectivity index (χ4v) is 0.683. The normalized spacial score (nSPS) is 26.2. The van der Waals surface area contributed by atoms with E-state index < -0.39 is 6.29 Å². The SMILES string of the molecule is CC1=CC(=O)OC(C)O1. The minimum Gasteiger partial charge on any atom is -0.459 e. The molecule has 0 N–H and O–H groups in total. The van der Waals surface area contributed by atoms with Crippen molar-refractivity contribution >= 4 is 5.97 Å². The molecule has 9 heavy (non-hydrogen) atoms. The number of hydrogen-bond acceptors (Lipinski definition) is 3. The van der Waals surface area contributed by atoms with Crippen molar-refractivity contribution < 1.29 is 14.3 Å². The minimum atomic E-state index is -0.428. The maximum Gasteiger partial charge on any atom is 0.337 e. The van der Waals surface area contributed by atoms with Crippen LogP contribution in [0.25, 0.3) is 0 Å². The fourth-order valence-electron chi connectivity index (χ4n) is 0.683. The highest BCUT2D eigenvalue weighted by Crippen LogP contribution is 2.09. The van der Waals surface area contributed by atoms with Crippen molar-refractivity contribution in [2.75, 3.05) is 0 Å². The third kappa shape index (κ3) is 1.45. The zero-order valence-corrected chi connectivity index (χ0v) is 5.38. The average molecular weight is 128 g/mol. The van der Waals surface area contributed by atoms with Crippen LogP contribution in [-0.4, -0.2) is 12.3 Å². The van der Waals surface area contributed by atoms with Crippen LogP contribution in [0.3, 0.4) is 0 Å². The lowest BCUT2D eigenvalue weighted by molar-refractivity contribution is -0.167. The van der Waals surface area contributed by atoms with Gasteiger partial charge < -0.3 is 9.47 Å². The third-order valence-corrected chi connectivity index (χ3v) is 0.955. The summed E-state index contributed by atoms with van der Waals surface area (Å²) in [6.45, 7) is 3.39. The summed E-state index contributed by atoms with van der Waals surface area (Å²) in [7, 11) is 0. The van der Waals surface area contributed by atoms with Crippen LogP contribution in [0, 0.1) is 0 Å². The largest absolute Gasteiger partial charge is 0.459 e. The summed E-state index contributed by atoms with van der Waals surface area (Å²) in [6.07, 6.45) is 0.891. The highest BCUT2D eigenvalue weighted by molar-refractivity contribution is 5.82. The van der Waals surface area contributed by atoms with Gasteiger partial charge in [-0.15, -0.1) is 0 Å². The summed E-state index contributed by atoms with van der Waals surface area (Å²) < 4.78 is 9.59. The first-order chi connectivity index (χ1) is 4.18. The molecule has 1 aliphatic rings. The minimum absolute atomic E-state index is 0.328. The van der Waals surface area contributed by atoms with E-state index in [-0.39, 0.29) is 5.97 Å². The van der Waals surface area contributed by atoms with Gasteiger partial charge in [-0.05, 0) is 6.92 Å². The molecular formula is C6H8O3. The first kappa shape index (κ1) is 6.13. The zero-order valence-electron chi connectivity index (χ0n) is 5.38. The highest BCUT2D eigenvalue weighted by Gasteiger charge is 2.14. The molecule has 0 radical (unpaired) electrons. The van der Waals surface area contributed by atoms with E-state index in [0.717, 1.165) is 0 Å². The molecular weight excluding hydrogens is 120 g/mol. The van der Waals surface area contributed by atoms with Gasteiger partial charge in [0, 0.05) is 6.92 Å². The average Bonchev–Trinajstić information content (AvgIpc) is 1.59. The number of allylic oxidation sites excluding steroid dienone is 1. The summed E-state index contributed by atoms with van der Waals surface area (Å²) in [4.78, 5) is 10.5. The Balaban J connectivity index is 2.67. The molecule has 1 unspecified atom stereocenters. The first-order valence-electron chi connectivity index (χ1n) is 2.74. The summed E-state index contributed by atoms with van der Waals surface area (Å²) >= 11 is 0. The molecule has 0 aromatic rings. The molecule has 50 valence electrons. The zero-order chi connectivity index (χ0) is 6.85. The van der Waals surface area contributed by atoms with Crippen LogP contribution in [0.1, 0.15) is 13.8 Å². The van der Waals surface area contributed by atoms with E-state index in [1.165, 1.54) is 6.08 Å². The number of carbonyl (C=O) groups excluding carboxylic acids is 1. The topological polar surface area (TPSA) is 35.5 Å². The molecule has 0 aliphatic carbocycles. The molecule has 0 bridgehead atoms. The number of ether oxygens (including phenoxy) is 2. The van der Waals surface area contributed by atoms with Gasteiger partial charge in [-0.25, -0.2) is 4.79 Å². The highest BCUT2D eigenvalue weighted by atomic mass is 16.7. The van der Waals surface area contributed by atoms with Crippen molar-refractivity contribution in [2.24, 2.45) is 0 Å². The van der Waals surface area contributed by atoms with Crippen molar-refractivity contribution in [3.8, 4) is 0 Å². The number of hydrogen-bond donors (Lipinski definition) is 0. The van der Waals surface area contributed by atoms with Crippen molar-refractivity contribution in [3.05, 3.63) is 11.8 Å². The van der Waals surface area contributed by atoms with Gasteiger partial charge in [0.2, 0.25) is 6.29 Å². The molecule has 3 heteroatoms. The molecule has 0 spiro atoms. The van der Waals surface area contributed by atoms with E-state index in [9.17, 15) is 4.79 Å². The van der Waals surface area contributed by atoms with Gasteiger partial charge in [0.25, 0.3) is 0 Å². The molecule has 0 saturated carbocycles. The predicted octanol–water partition coefficient (Wildman–Crippen LogP) is 0.810. The van der Waals surface area contributed by atoms with E-state index in [4.69, 9.17) is 4.74 Å². The molecule has 0 saturated heterocycles. The Labute approximate surface area is 53.3 Å². The molecule has 0 amide bonds. The van der Waals surface area contributed by atoms with Gasteiger partial charge in [0.1, 0.15) is 5.76 Å². The second-order valence-corrected chi connectivity index (χ2v) is 1.88. The van der Waals surface area contributed by atoms with E-state index >= 15 is 0 Å². The Hall–Kier alpha value is -0.990. The van der Waals surface area contributed by atoms with Crippen molar-refractivity contribution in [3.63, 3.8) is 0 Å². The smallest absolute Gasteiger partial charge is 0.337 e. The number of carbonyl (C=O) groups is 1. The Morgan fingerprint density at radius 1 is 1.56 bits per heavy atom. The van der Waals surface area contributed by atoms with E-state index in [0.29, 0.717) is 5.76 Å². The first-order valence-corrected chi connectivity index (χ1v) is 2.74. The van der Waals surface area contributed by atoms with Crippen molar-refractivity contribution in [1.29, 1.82) is 0 Å². The predicted molar refractivity (Wildman–Crippen MR) is 30.4 cm³/mol. The van der Waals surface area contributed by atoms with Crippen LogP contribution in [0.15, 0.2) is 11.8 Å². The quantitative estimate of drug-likeness (QED) is 0.453. The standard InChI is InChI=1S/C6H8O3/c1-4-3-6(7)9-5(2)8-4/h3,5H,1-2H3. The Kier molecular flexibility index (Phi) is 1.42. The lowest BCUT2D eigenvalue weighted by atomic mass is 10.4. The van der Waals surface area contributed by atoms with Gasteiger partial charge in [-0.3, -0.25) is 0 Å². The van der Waals surface area contributed by atoms with E-state index in [1.807, 2.05) is 0 Å². The number of rotatable bonds is 0. The molecule has 1 aliphatic heterocycles. The Bertz CT molecular complexity index is 160. The monoisotopic (exact) mass is 128 g/mol. The van der Waals surface area contributed by atoms with Crippen LogP contribution in [0.4, 0.5) is 0 Å². The van der Waals surface area contributed by atoms with Crippen LogP contribution < -0.4 is 0 Å². The lowest BCUT2D eigenvalue weighted by Gasteiger charge is -2.18. The third-order valence-electron chi connectivity index (χ3n) is 0.955. The Morgan fingerprint density at radius 3 is 2.67 bits per heavy atom. The summed E-state index contributed by atoms with van der Waals surface area (Å²) in [5.41, 5.74) is 0. The molecule has 1 atom stereocenters. The van der Waals surface area contributed by atoms with Crippen molar-refractivity contribution in [1.82, 2.24) is 0 Å². The molecule has 0 fully saturated rings. The molecule has 1 rings (SSSR count). The van der Waals surface area contributed by atoms with E-state index in [2.05, 4.69) is 4.74 Å². The number of cyclic esters (lactones) is 1. The van der Waals surface area contributed by atoms with Gasteiger partial charge >= 0.3 is 5.97 Å². The van der Waals surface area contributed by atoms with Crippen LogP contribution in [0.2, 0.25) is 0 Å². The van der Waals surface area contributed by atoms with Gasteiger partial charge in [0.15, 0.2) is 0 Å². The van der Waals surface area contributed by atoms with Crippen LogP contribution in [-0.2, 0) is 14.3 Å².